The number of benzene rings is 2. The predicted octanol–water partition coefficient (Wildman–Crippen LogP) is 3.18. The minimum atomic E-state index is -0.261. The Morgan fingerprint density at radius 3 is 2.48 bits per heavy atom. The monoisotopic (exact) mass is 415 g/mol. The highest BCUT2D eigenvalue weighted by atomic mass is 35.5. The van der Waals surface area contributed by atoms with Crippen molar-refractivity contribution in [2.45, 2.75) is 18.9 Å². The molecule has 4 rings (SSSR count). The zero-order valence-electron chi connectivity index (χ0n) is 16.3. The summed E-state index contributed by atoms with van der Waals surface area (Å²) in [6, 6.07) is 14.2. The van der Waals surface area contributed by atoms with Gasteiger partial charge in [0, 0.05) is 24.7 Å². The minimum Gasteiger partial charge on any atom is -0.497 e. The third kappa shape index (κ3) is 4.23. The Morgan fingerprint density at radius 2 is 1.79 bits per heavy atom. The van der Waals surface area contributed by atoms with Crippen LogP contribution in [-0.4, -0.2) is 43.0 Å². The van der Waals surface area contributed by atoms with Crippen molar-refractivity contribution in [3.63, 3.8) is 0 Å². The highest BCUT2D eigenvalue weighted by molar-refractivity contribution is 6.09. The van der Waals surface area contributed by atoms with E-state index in [0.717, 1.165) is 19.4 Å². The molecule has 1 saturated carbocycles. The van der Waals surface area contributed by atoms with Gasteiger partial charge in [0.25, 0.3) is 11.8 Å². The van der Waals surface area contributed by atoms with E-state index in [0.29, 0.717) is 40.9 Å². The molecular weight excluding hydrogens is 390 g/mol. The molecule has 3 atom stereocenters. The molecule has 0 bridgehead atoms. The predicted molar refractivity (Wildman–Crippen MR) is 115 cm³/mol. The maximum atomic E-state index is 13.1. The summed E-state index contributed by atoms with van der Waals surface area (Å²) in [6.07, 6.45) is 2.14. The van der Waals surface area contributed by atoms with Crippen LogP contribution in [-0.2, 0) is 0 Å². The van der Waals surface area contributed by atoms with Crippen LogP contribution in [0, 0.1) is 11.8 Å². The highest BCUT2D eigenvalue weighted by Gasteiger charge is 2.42. The van der Waals surface area contributed by atoms with Crippen molar-refractivity contribution in [1.82, 2.24) is 4.90 Å². The van der Waals surface area contributed by atoms with Crippen molar-refractivity contribution in [3.8, 4) is 5.75 Å². The number of hydrogen-bond acceptors (Lipinski definition) is 4. The van der Waals surface area contributed by atoms with Crippen LogP contribution in [0.4, 0.5) is 5.69 Å². The van der Waals surface area contributed by atoms with Gasteiger partial charge in [-0.05, 0) is 61.1 Å². The number of nitrogens with two attached hydrogens (primary N) is 1. The first-order valence-electron chi connectivity index (χ1n) is 9.66. The van der Waals surface area contributed by atoms with E-state index in [4.69, 9.17) is 10.5 Å². The normalized spacial score (nSPS) is 22.6. The molecule has 1 aliphatic heterocycles. The van der Waals surface area contributed by atoms with Gasteiger partial charge in [-0.3, -0.25) is 9.59 Å². The summed E-state index contributed by atoms with van der Waals surface area (Å²) < 4.78 is 5.12. The van der Waals surface area contributed by atoms with Gasteiger partial charge in [0.05, 0.1) is 18.4 Å². The number of carbonyl (C=O) groups is 2. The first kappa shape index (κ1) is 21.1. The van der Waals surface area contributed by atoms with Crippen LogP contribution in [0.3, 0.4) is 0 Å². The zero-order chi connectivity index (χ0) is 19.7. The maximum Gasteiger partial charge on any atom is 0.255 e. The van der Waals surface area contributed by atoms with Gasteiger partial charge in [0.15, 0.2) is 0 Å². The average molecular weight is 416 g/mol. The van der Waals surface area contributed by atoms with Crippen molar-refractivity contribution in [3.05, 3.63) is 59.7 Å². The fourth-order valence-electron chi connectivity index (χ4n) is 4.36. The second-order valence-electron chi connectivity index (χ2n) is 7.60. The van der Waals surface area contributed by atoms with Gasteiger partial charge in [-0.15, -0.1) is 12.4 Å². The number of nitrogens with one attached hydrogen (secondary N) is 1. The Bertz CT molecular complexity index is 887. The minimum absolute atomic E-state index is 0. The number of ether oxygens (including phenoxy) is 1. The first-order chi connectivity index (χ1) is 13.6. The summed E-state index contributed by atoms with van der Waals surface area (Å²) in [5, 5.41) is 2.88. The summed E-state index contributed by atoms with van der Waals surface area (Å²) in [5.74, 6) is 1.27. The molecule has 2 aliphatic rings. The molecule has 2 aromatic rings. The summed E-state index contributed by atoms with van der Waals surface area (Å²) in [4.78, 5) is 27.6. The number of nitrogens with zero attached hydrogens (tertiary/aromatic N) is 1. The van der Waals surface area contributed by atoms with Crippen LogP contribution in [0.5, 0.6) is 5.75 Å². The third-order valence-corrected chi connectivity index (χ3v) is 5.96. The molecule has 2 amide bonds. The molecule has 1 heterocycles. The van der Waals surface area contributed by atoms with E-state index in [9.17, 15) is 9.59 Å². The summed E-state index contributed by atoms with van der Waals surface area (Å²) in [7, 11) is 1.58. The fraction of sp³-hybridized carbons (Fsp3) is 0.364. The van der Waals surface area contributed by atoms with Gasteiger partial charge in [-0.1, -0.05) is 12.1 Å². The number of hydrogen-bond donors (Lipinski definition) is 2. The Morgan fingerprint density at radius 1 is 1.07 bits per heavy atom. The molecule has 2 fully saturated rings. The van der Waals surface area contributed by atoms with Gasteiger partial charge in [0.1, 0.15) is 5.75 Å². The molecule has 3 N–H and O–H groups in total. The van der Waals surface area contributed by atoms with Crippen LogP contribution >= 0.6 is 12.4 Å². The molecule has 0 spiro atoms. The number of methoxy groups -OCH3 is 1. The topological polar surface area (TPSA) is 84.7 Å². The van der Waals surface area contributed by atoms with E-state index in [-0.39, 0.29) is 30.3 Å². The van der Waals surface area contributed by atoms with E-state index in [2.05, 4.69) is 5.32 Å². The number of likely N-dealkylation sites (tertiary alicyclic amines) is 1. The third-order valence-electron chi connectivity index (χ3n) is 5.96. The maximum absolute atomic E-state index is 13.1. The van der Waals surface area contributed by atoms with E-state index in [1.807, 2.05) is 17.0 Å². The van der Waals surface area contributed by atoms with E-state index >= 15 is 0 Å². The van der Waals surface area contributed by atoms with Gasteiger partial charge in [0.2, 0.25) is 0 Å². The number of rotatable bonds is 4. The van der Waals surface area contributed by atoms with Crippen LogP contribution < -0.4 is 15.8 Å². The van der Waals surface area contributed by atoms with E-state index in [1.165, 1.54) is 0 Å². The van der Waals surface area contributed by atoms with Gasteiger partial charge in [-0.25, -0.2) is 0 Å². The summed E-state index contributed by atoms with van der Waals surface area (Å²) >= 11 is 0. The van der Waals surface area contributed by atoms with Gasteiger partial charge >= 0.3 is 0 Å². The lowest BCUT2D eigenvalue weighted by molar-refractivity contribution is 0.0780. The van der Waals surface area contributed by atoms with Gasteiger partial charge in [-0.2, -0.15) is 0 Å². The average Bonchev–Trinajstić information content (AvgIpc) is 3.30. The number of amides is 2. The Hall–Kier alpha value is -2.57. The number of halogens is 1. The number of fused-ring (bicyclic) bond motifs is 1. The van der Waals surface area contributed by atoms with Crippen molar-refractivity contribution in [2.24, 2.45) is 17.6 Å². The van der Waals surface area contributed by atoms with Crippen molar-refractivity contribution in [2.75, 3.05) is 25.5 Å². The second-order valence-corrected chi connectivity index (χ2v) is 7.60. The lowest BCUT2D eigenvalue weighted by Crippen LogP contribution is -2.34. The summed E-state index contributed by atoms with van der Waals surface area (Å²) in [5.41, 5.74) is 7.74. The molecule has 7 heteroatoms. The zero-order valence-corrected chi connectivity index (χ0v) is 17.2. The van der Waals surface area contributed by atoms with Crippen LogP contribution in [0.25, 0.3) is 0 Å². The van der Waals surface area contributed by atoms with Crippen molar-refractivity contribution >= 4 is 29.9 Å². The number of carbonyl (C=O) groups excluding carboxylic acids is 2. The van der Waals surface area contributed by atoms with Crippen molar-refractivity contribution in [1.29, 1.82) is 0 Å². The number of anilines is 1. The molecule has 6 nitrogen and oxygen atoms in total. The Balaban J connectivity index is 0.00000240. The van der Waals surface area contributed by atoms with Crippen LogP contribution in [0.15, 0.2) is 48.5 Å². The van der Waals surface area contributed by atoms with E-state index in [1.54, 1.807) is 43.5 Å². The molecule has 1 aliphatic carbocycles. The van der Waals surface area contributed by atoms with E-state index < -0.39 is 0 Å². The molecule has 2 aromatic carbocycles. The first-order valence-corrected chi connectivity index (χ1v) is 9.66. The lowest BCUT2D eigenvalue weighted by Gasteiger charge is -2.20. The quantitative estimate of drug-likeness (QED) is 0.803. The molecule has 1 saturated heterocycles. The van der Waals surface area contributed by atoms with Crippen molar-refractivity contribution < 1.29 is 14.3 Å². The Kier molecular flexibility index (Phi) is 6.45. The molecule has 0 radical (unpaired) electrons. The second kappa shape index (κ2) is 8.84. The number of para-hydroxylation sites is 1. The SMILES string of the molecule is COc1ccc(C(=O)Nc2ccccc2C(=O)N2CC3CCC(N)C3C2)cc1.Cl. The molecule has 29 heavy (non-hydrogen) atoms. The summed E-state index contributed by atoms with van der Waals surface area (Å²) in [6.45, 7) is 1.45. The highest BCUT2D eigenvalue weighted by Crippen LogP contribution is 2.38. The Labute approximate surface area is 176 Å². The van der Waals surface area contributed by atoms with Crippen LogP contribution in [0.1, 0.15) is 33.6 Å². The molecular formula is C22H26ClN3O3. The molecule has 154 valence electrons. The standard InChI is InChI=1S/C22H25N3O3.ClH/c1-28-16-9-6-14(7-10-16)21(26)24-20-5-3-2-4-17(20)22(27)25-12-15-8-11-19(23)18(15)13-25;/h2-7,9-10,15,18-19H,8,11-13,23H2,1H3,(H,24,26);1H. The lowest BCUT2D eigenvalue weighted by atomic mass is 9.98. The molecule has 0 aromatic heterocycles. The largest absolute Gasteiger partial charge is 0.497 e. The smallest absolute Gasteiger partial charge is 0.255 e. The fourth-order valence-corrected chi connectivity index (χ4v) is 4.36. The van der Waals surface area contributed by atoms with Gasteiger partial charge < -0.3 is 20.7 Å². The molecule has 3 unspecified atom stereocenters. The van der Waals surface area contributed by atoms with Crippen LogP contribution in [0.2, 0.25) is 0 Å².